The average Bonchev–Trinajstić information content (AvgIpc) is 3.51. The van der Waals surface area contributed by atoms with Gasteiger partial charge in [-0.15, -0.1) is 23.1 Å². The van der Waals surface area contributed by atoms with Gasteiger partial charge in [-0.05, 0) is 107 Å². The van der Waals surface area contributed by atoms with Gasteiger partial charge in [0.15, 0.2) is 5.78 Å². The van der Waals surface area contributed by atoms with Crippen molar-refractivity contribution in [2.45, 2.75) is 96.3 Å². The maximum atomic E-state index is 14.5. The molecule has 0 saturated heterocycles. The van der Waals surface area contributed by atoms with Gasteiger partial charge in [0, 0.05) is 38.1 Å². The summed E-state index contributed by atoms with van der Waals surface area (Å²) in [4.78, 5) is 21.2. The van der Waals surface area contributed by atoms with Crippen LogP contribution in [-0.4, -0.2) is 38.4 Å². The summed E-state index contributed by atoms with van der Waals surface area (Å²) in [6.07, 6.45) is 12.4. The number of Topliss-reactive ketones (excluding diaryl/α,β-unsaturated/α-hetero) is 1. The normalized spacial score (nSPS) is 40.8. The largest absolute Gasteiger partial charge is 0.393 e. The van der Waals surface area contributed by atoms with Gasteiger partial charge in [-0.2, -0.15) is 5.26 Å². The van der Waals surface area contributed by atoms with Gasteiger partial charge < -0.3 is 10.2 Å². The Morgan fingerprint density at radius 1 is 1.09 bits per heavy atom. The molecule has 43 heavy (non-hydrogen) atoms. The van der Waals surface area contributed by atoms with Crippen LogP contribution in [-0.2, 0) is 0 Å². The summed E-state index contributed by atoms with van der Waals surface area (Å²) < 4.78 is 0. The van der Waals surface area contributed by atoms with E-state index in [0.29, 0.717) is 29.2 Å². The molecule has 2 N–H and O–H groups in total. The Morgan fingerprint density at radius 3 is 2.53 bits per heavy atom. The molecule has 6 aliphatic carbocycles. The zero-order valence-electron chi connectivity index (χ0n) is 25.9. The Bertz CT molecular complexity index is 1640. The molecular formula is C36H42N2O3S2. The number of aliphatic hydroxyl groups excluding tert-OH is 1. The third kappa shape index (κ3) is 3.82. The van der Waals surface area contributed by atoms with Crippen molar-refractivity contribution in [2.24, 2.45) is 33.5 Å². The van der Waals surface area contributed by atoms with Crippen LogP contribution in [0.1, 0.15) is 90.2 Å². The summed E-state index contributed by atoms with van der Waals surface area (Å²) in [6, 6.07) is 8.28. The second-order valence-electron chi connectivity index (χ2n) is 14.7. The number of thiophene rings is 1. The molecule has 8 atom stereocenters. The standard InChI is InChI=1S/C36H42N2O3S2/c1-21-16-22(2)38-31(25(21)19-37)42-20-35(41)13-10-29-33(35,5)12-9-28-32(4)11-8-24(39)17-34(32)14-15-36(28,29)26(18-34)30(40)27-7-6-23(3)43-27/h6-7,14-16,18,24,28-29,39,41H,8-13,17,20H2,1-5H3/t24?,28-,29-,32-,33+,34+,35-,36-/m1/s1. The first-order valence-electron chi connectivity index (χ1n) is 15.8. The number of nitrogens with zero attached hydrogens (tertiary/aromatic N) is 2. The minimum absolute atomic E-state index is 0.0440. The molecule has 1 unspecified atom stereocenters. The predicted molar refractivity (Wildman–Crippen MR) is 171 cm³/mol. The highest BCUT2D eigenvalue weighted by molar-refractivity contribution is 7.99. The molecule has 6 aliphatic rings. The number of ketones is 1. The number of hydrogen-bond donors (Lipinski definition) is 2. The number of pyridine rings is 1. The average molecular weight is 615 g/mol. The molecule has 7 heteroatoms. The quantitative estimate of drug-likeness (QED) is 0.206. The van der Waals surface area contributed by atoms with Crippen molar-refractivity contribution in [3.8, 4) is 6.07 Å². The molecule has 2 spiro atoms. The van der Waals surface area contributed by atoms with Crippen LogP contribution in [0.25, 0.3) is 0 Å². The highest BCUT2D eigenvalue weighted by Gasteiger charge is 2.74. The molecule has 5 nitrogen and oxygen atoms in total. The SMILES string of the molecule is Cc1cc(C)c(C#N)c(SC[C@]2(O)CC[C@H]3[C@]45C=C[C@@]6(C=C4C(=O)c4ccc(C)s4)CC(O)CC[C@]6(C)[C@H]5CC[C@@]32C)n1. The van der Waals surface area contributed by atoms with Gasteiger partial charge in [0.2, 0.25) is 0 Å². The summed E-state index contributed by atoms with van der Waals surface area (Å²) >= 11 is 3.08. The summed E-state index contributed by atoms with van der Waals surface area (Å²) in [5.41, 5.74) is 1.11. The number of aromatic nitrogens is 1. The van der Waals surface area contributed by atoms with E-state index in [-0.39, 0.29) is 34.6 Å². The van der Waals surface area contributed by atoms with E-state index in [4.69, 9.17) is 4.98 Å². The zero-order chi connectivity index (χ0) is 30.6. The van der Waals surface area contributed by atoms with Crippen molar-refractivity contribution in [3.05, 3.63) is 68.6 Å². The zero-order valence-corrected chi connectivity index (χ0v) is 27.5. The molecule has 3 fully saturated rings. The lowest BCUT2D eigenvalue weighted by Gasteiger charge is -2.71. The number of aliphatic hydroxyl groups is 2. The fourth-order valence-electron chi connectivity index (χ4n) is 10.5. The number of carbonyl (C=O) groups excluding carboxylic acids is 1. The van der Waals surface area contributed by atoms with Crippen LogP contribution in [0.5, 0.6) is 0 Å². The number of nitriles is 1. The first-order chi connectivity index (χ1) is 20.3. The molecule has 2 aromatic rings. The molecule has 2 heterocycles. The van der Waals surface area contributed by atoms with E-state index in [0.717, 1.165) is 58.7 Å². The van der Waals surface area contributed by atoms with Crippen molar-refractivity contribution < 1.29 is 15.0 Å². The molecule has 0 radical (unpaired) electrons. The first kappa shape index (κ1) is 29.5. The van der Waals surface area contributed by atoms with E-state index in [1.807, 2.05) is 39.0 Å². The van der Waals surface area contributed by atoms with Gasteiger partial charge in [0.1, 0.15) is 11.1 Å². The lowest BCUT2D eigenvalue weighted by atomic mass is 9.33. The smallest absolute Gasteiger partial charge is 0.199 e. The van der Waals surface area contributed by atoms with E-state index < -0.39 is 16.4 Å². The Balaban J connectivity index is 1.32. The molecule has 2 aromatic heterocycles. The van der Waals surface area contributed by atoms with Crippen molar-refractivity contribution >= 4 is 28.9 Å². The van der Waals surface area contributed by atoms with Gasteiger partial charge in [0.05, 0.1) is 22.1 Å². The monoisotopic (exact) mass is 614 g/mol. The molecule has 0 aliphatic heterocycles. The highest BCUT2D eigenvalue weighted by atomic mass is 32.2. The third-order valence-corrected chi connectivity index (χ3v) is 15.0. The molecule has 3 saturated carbocycles. The summed E-state index contributed by atoms with van der Waals surface area (Å²) in [6.45, 7) is 10.6. The van der Waals surface area contributed by atoms with E-state index in [2.05, 4.69) is 38.1 Å². The van der Waals surface area contributed by atoms with Crippen molar-refractivity contribution in [3.63, 3.8) is 0 Å². The van der Waals surface area contributed by atoms with Crippen molar-refractivity contribution in [1.82, 2.24) is 4.98 Å². The lowest BCUT2D eigenvalue weighted by molar-refractivity contribution is -0.166. The van der Waals surface area contributed by atoms with E-state index in [1.165, 1.54) is 11.8 Å². The second kappa shape index (κ2) is 9.63. The van der Waals surface area contributed by atoms with Crippen LogP contribution in [0.2, 0.25) is 0 Å². The van der Waals surface area contributed by atoms with Crippen molar-refractivity contribution in [2.75, 3.05) is 5.75 Å². The Hall–Kier alpha value is -2.24. The van der Waals surface area contributed by atoms with Gasteiger partial charge in [-0.25, -0.2) is 4.98 Å². The Kier molecular flexibility index (Phi) is 6.60. The molecule has 0 aromatic carbocycles. The number of rotatable bonds is 5. The van der Waals surface area contributed by atoms with Crippen LogP contribution in [0, 0.1) is 65.6 Å². The number of fused-ring (bicyclic) bond motifs is 1. The van der Waals surface area contributed by atoms with Gasteiger partial charge in [-0.3, -0.25) is 4.79 Å². The van der Waals surface area contributed by atoms with Gasteiger partial charge in [-0.1, -0.05) is 32.1 Å². The Labute approximate surface area is 263 Å². The van der Waals surface area contributed by atoms with Crippen molar-refractivity contribution in [1.29, 1.82) is 5.26 Å². The maximum Gasteiger partial charge on any atom is 0.199 e. The van der Waals surface area contributed by atoms with Crippen LogP contribution in [0.3, 0.4) is 0 Å². The fourth-order valence-corrected chi connectivity index (χ4v) is 12.7. The number of aryl methyl sites for hydroxylation is 3. The van der Waals surface area contributed by atoms with E-state index in [1.54, 1.807) is 11.3 Å². The van der Waals surface area contributed by atoms with Gasteiger partial charge >= 0.3 is 0 Å². The summed E-state index contributed by atoms with van der Waals surface area (Å²) in [7, 11) is 0. The maximum absolute atomic E-state index is 14.5. The predicted octanol–water partition coefficient (Wildman–Crippen LogP) is 7.51. The number of thioether (sulfide) groups is 1. The lowest BCUT2D eigenvalue weighted by Crippen LogP contribution is -2.67. The van der Waals surface area contributed by atoms with Crippen LogP contribution in [0.4, 0.5) is 0 Å². The summed E-state index contributed by atoms with van der Waals surface area (Å²) in [5.74, 6) is 0.990. The first-order valence-corrected chi connectivity index (χ1v) is 17.6. The van der Waals surface area contributed by atoms with Crippen LogP contribution < -0.4 is 0 Å². The number of allylic oxidation sites excluding steroid dienone is 4. The fraction of sp³-hybridized carbons (Fsp3) is 0.583. The number of hydrogen-bond acceptors (Lipinski definition) is 7. The van der Waals surface area contributed by atoms with E-state index >= 15 is 0 Å². The molecule has 8 rings (SSSR count). The summed E-state index contributed by atoms with van der Waals surface area (Å²) in [5, 5.41) is 34.1. The Morgan fingerprint density at radius 2 is 1.81 bits per heavy atom. The second-order valence-corrected chi connectivity index (χ2v) is 17.0. The third-order valence-electron chi connectivity index (χ3n) is 12.8. The number of carbonyl (C=O) groups is 1. The van der Waals surface area contributed by atoms with Gasteiger partial charge in [0.25, 0.3) is 0 Å². The molecule has 2 bridgehead atoms. The van der Waals surface area contributed by atoms with E-state index in [9.17, 15) is 20.3 Å². The molecule has 0 amide bonds. The van der Waals surface area contributed by atoms with Crippen LogP contribution in [0.15, 0.2) is 47.0 Å². The molecular weight excluding hydrogens is 573 g/mol. The topological polar surface area (TPSA) is 94.2 Å². The minimum atomic E-state index is -0.953. The highest BCUT2D eigenvalue weighted by Crippen LogP contribution is 2.78. The minimum Gasteiger partial charge on any atom is -0.393 e. The molecule has 226 valence electrons. The van der Waals surface area contributed by atoms with Crippen LogP contribution >= 0.6 is 23.1 Å².